The third kappa shape index (κ3) is 5.17. The Kier molecular flexibility index (Phi) is 7.50. The summed E-state index contributed by atoms with van der Waals surface area (Å²) >= 11 is 0. The minimum absolute atomic E-state index is 0.794. The molecule has 0 spiro atoms. The molecule has 0 unspecified atom stereocenters. The van der Waals surface area contributed by atoms with Crippen molar-refractivity contribution in [2.75, 3.05) is 0 Å². The minimum Gasteiger partial charge on any atom is -0.454 e. The number of pyridine rings is 1. The second-order valence-electron chi connectivity index (χ2n) is 15.8. The topological polar surface area (TPSA) is 53.7 Å². The number of rotatable bonds is 6. The van der Waals surface area contributed by atoms with E-state index in [0.717, 1.165) is 95.1 Å². The van der Waals surface area contributed by atoms with Crippen LogP contribution in [0.5, 0.6) is 0 Å². The Labute approximate surface area is 355 Å². The fourth-order valence-corrected chi connectivity index (χ4v) is 9.55. The van der Waals surface area contributed by atoms with E-state index in [1.54, 1.807) is 0 Å². The molecule has 0 radical (unpaired) electrons. The van der Waals surface area contributed by atoms with Crippen LogP contribution in [-0.2, 0) is 0 Å². The molecule has 0 saturated carbocycles. The van der Waals surface area contributed by atoms with E-state index in [-0.39, 0.29) is 0 Å². The Hall–Kier alpha value is -8.48. The van der Waals surface area contributed by atoms with Crippen molar-refractivity contribution in [1.82, 2.24) is 23.7 Å². The molecule has 6 heteroatoms. The van der Waals surface area contributed by atoms with Gasteiger partial charge in [-0.3, -0.25) is 14.1 Å². The van der Waals surface area contributed by atoms with Crippen LogP contribution < -0.4 is 0 Å². The summed E-state index contributed by atoms with van der Waals surface area (Å²) in [5.41, 5.74) is 14.5. The number of hydrogen-bond donors (Lipinski definition) is 0. The number of hydrogen-bond acceptors (Lipinski definition) is 3. The van der Waals surface area contributed by atoms with Crippen LogP contribution in [0.2, 0.25) is 0 Å². The number of fused-ring (bicyclic) bond motifs is 9. The number of para-hydroxylation sites is 3. The molecular formula is C56H35N5O. The van der Waals surface area contributed by atoms with Crippen molar-refractivity contribution in [3.8, 4) is 51.0 Å². The molecular weight excluding hydrogens is 759 g/mol. The van der Waals surface area contributed by atoms with Gasteiger partial charge in [0.1, 0.15) is 22.6 Å². The van der Waals surface area contributed by atoms with Crippen LogP contribution in [0.1, 0.15) is 0 Å². The van der Waals surface area contributed by atoms with Crippen LogP contribution in [-0.4, -0.2) is 23.7 Å². The summed E-state index contributed by atoms with van der Waals surface area (Å²) in [5, 5.41) is 5.76. The lowest BCUT2D eigenvalue weighted by atomic mass is 10.0. The van der Waals surface area contributed by atoms with Gasteiger partial charge in [-0.1, -0.05) is 127 Å². The summed E-state index contributed by atoms with van der Waals surface area (Å²) in [4.78, 5) is 10.2. The monoisotopic (exact) mass is 793 g/mol. The van der Waals surface area contributed by atoms with E-state index in [1.165, 1.54) is 21.5 Å². The Balaban J connectivity index is 1.03. The van der Waals surface area contributed by atoms with Crippen LogP contribution in [0.15, 0.2) is 217 Å². The summed E-state index contributed by atoms with van der Waals surface area (Å²) in [6, 6.07) is 73.2. The number of furan rings is 1. The molecule has 0 amide bonds. The maximum absolute atomic E-state index is 6.14. The molecule has 13 aromatic rings. The summed E-state index contributed by atoms with van der Waals surface area (Å²) in [5.74, 6) is 1.88. The quantitative estimate of drug-likeness (QED) is 0.168. The first-order valence-electron chi connectivity index (χ1n) is 20.9. The average molecular weight is 794 g/mol. The van der Waals surface area contributed by atoms with Crippen molar-refractivity contribution in [3.05, 3.63) is 212 Å². The van der Waals surface area contributed by atoms with Crippen molar-refractivity contribution in [2.24, 2.45) is 0 Å². The van der Waals surface area contributed by atoms with Gasteiger partial charge < -0.3 is 8.98 Å². The van der Waals surface area contributed by atoms with Crippen molar-refractivity contribution >= 4 is 65.7 Å². The first-order valence-corrected chi connectivity index (χ1v) is 20.9. The molecule has 0 atom stereocenters. The van der Waals surface area contributed by atoms with E-state index in [1.807, 2.05) is 18.3 Å². The Morgan fingerprint density at radius 1 is 0.355 bits per heavy atom. The van der Waals surface area contributed by atoms with E-state index < -0.39 is 0 Å². The van der Waals surface area contributed by atoms with Crippen molar-refractivity contribution in [3.63, 3.8) is 0 Å². The summed E-state index contributed by atoms with van der Waals surface area (Å²) in [7, 11) is 0. The molecule has 290 valence electrons. The second kappa shape index (κ2) is 13.5. The summed E-state index contributed by atoms with van der Waals surface area (Å²) in [6.07, 6.45) is 1.82. The first-order chi connectivity index (χ1) is 30.8. The van der Waals surface area contributed by atoms with E-state index >= 15 is 0 Å². The molecule has 13 rings (SSSR count). The minimum atomic E-state index is 0.794. The zero-order valence-electron chi connectivity index (χ0n) is 33.4. The predicted octanol–water partition coefficient (Wildman–Crippen LogP) is 14.4. The molecule has 0 fully saturated rings. The van der Waals surface area contributed by atoms with Crippen LogP contribution in [0.4, 0.5) is 0 Å². The Bertz CT molecular complexity index is 3860. The smallest absolute Gasteiger partial charge is 0.153 e. The van der Waals surface area contributed by atoms with Gasteiger partial charge in [-0.15, -0.1) is 0 Å². The first kappa shape index (κ1) is 34.4. The van der Waals surface area contributed by atoms with Crippen LogP contribution in [0.25, 0.3) is 117 Å². The molecule has 5 heterocycles. The summed E-state index contributed by atoms with van der Waals surface area (Å²) < 4.78 is 13.2. The van der Waals surface area contributed by atoms with Crippen LogP contribution in [0.3, 0.4) is 0 Å². The van der Waals surface area contributed by atoms with Gasteiger partial charge in [-0.05, 0) is 90.0 Å². The molecule has 6 nitrogen and oxygen atoms in total. The van der Waals surface area contributed by atoms with E-state index in [4.69, 9.17) is 9.40 Å². The average Bonchev–Trinajstić information content (AvgIpc) is 4.10. The van der Waals surface area contributed by atoms with Crippen molar-refractivity contribution in [1.29, 1.82) is 0 Å². The highest BCUT2D eigenvalue weighted by Crippen LogP contribution is 2.42. The largest absolute Gasteiger partial charge is 0.454 e. The van der Waals surface area contributed by atoms with Gasteiger partial charge in [0, 0.05) is 55.6 Å². The predicted molar refractivity (Wildman–Crippen MR) is 254 cm³/mol. The highest BCUT2D eigenvalue weighted by atomic mass is 16.3. The second-order valence-corrected chi connectivity index (χ2v) is 15.8. The molecule has 0 aliphatic carbocycles. The maximum atomic E-state index is 6.14. The Morgan fingerprint density at radius 2 is 0.935 bits per heavy atom. The van der Waals surface area contributed by atoms with E-state index in [0.29, 0.717) is 0 Å². The molecule has 5 aromatic heterocycles. The van der Waals surface area contributed by atoms with Gasteiger partial charge in [0.05, 0.1) is 22.1 Å². The van der Waals surface area contributed by atoms with Gasteiger partial charge in [-0.2, -0.15) is 0 Å². The van der Waals surface area contributed by atoms with Gasteiger partial charge in [-0.25, -0.2) is 4.98 Å². The fourth-order valence-electron chi connectivity index (χ4n) is 9.55. The fraction of sp³-hybridized carbons (Fsp3) is 0. The SMILES string of the molecule is c1ccc(-c2nc(-c3ccccc3)n(-c3ccccc3)c2-n2c3ccccc3c3cc(-c4ccc5c(c4)c4ccccc4n5-c4ccc5oc6cccnc6c5c4)ccc32)cc1. The highest BCUT2D eigenvalue weighted by Gasteiger charge is 2.26. The Morgan fingerprint density at radius 3 is 1.63 bits per heavy atom. The van der Waals surface area contributed by atoms with Gasteiger partial charge in [0.25, 0.3) is 0 Å². The van der Waals surface area contributed by atoms with E-state index in [9.17, 15) is 0 Å². The van der Waals surface area contributed by atoms with Gasteiger partial charge >= 0.3 is 0 Å². The zero-order chi connectivity index (χ0) is 40.7. The third-order valence-electron chi connectivity index (χ3n) is 12.3. The van der Waals surface area contributed by atoms with Crippen LogP contribution in [0, 0.1) is 0 Å². The molecule has 8 aromatic carbocycles. The van der Waals surface area contributed by atoms with Crippen molar-refractivity contribution < 1.29 is 4.42 Å². The van der Waals surface area contributed by atoms with Crippen molar-refractivity contribution in [2.45, 2.75) is 0 Å². The zero-order valence-corrected chi connectivity index (χ0v) is 33.4. The number of nitrogens with zero attached hydrogens (tertiary/aromatic N) is 5. The highest BCUT2D eigenvalue weighted by molar-refractivity contribution is 6.13. The summed E-state index contributed by atoms with van der Waals surface area (Å²) in [6.45, 7) is 0. The van der Waals surface area contributed by atoms with Gasteiger partial charge in [0.15, 0.2) is 11.4 Å². The lowest BCUT2D eigenvalue weighted by Crippen LogP contribution is -2.06. The number of imidazole rings is 1. The standard InChI is InChI=1S/C56H35N5O/c1-4-15-36(16-5-1)53-56(60(40-19-8-3-9-20-40)55(58-53)37-17-6-2-7-18-37)61-48-24-13-11-22-43(48)45-34-39(27-30-50(45)61)38-26-29-49-44(33-38)42-21-10-12-23-47(42)59(49)41-28-31-51-46(35-41)54-52(62-51)25-14-32-57-54/h1-35H. The lowest BCUT2D eigenvalue weighted by Gasteiger charge is -2.16. The molecule has 0 aliphatic heterocycles. The normalized spacial score (nSPS) is 11.9. The molecule has 0 N–H and O–H groups in total. The van der Waals surface area contributed by atoms with Crippen LogP contribution >= 0.6 is 0 Å². The van der Waals surface area contributed by atoms with E-state index in [2.05, 4.69) is 213 Å². The molecule has 0 saturated heterocycles. The third-order valence-corrected chi connectivity index (χ3v) is 12.3. The molecule has 0 aliphatic rings. The van der Waals surface area contributed by atoms with Gasteiger partial charge in [0.2, 0.25) is 0 Å². The molecule has 62 heavy (non-hydrogen) atoms. The number of benzene rings is 8. The molecule has 0 bridgehead atoms. The number of aromatic nitrogens is 5. The lowest BCUT2D eigenvalue weighted by molar-refractivity contribution is 0.668. The maximum Gasteiger partial charge on any atom is 0.153 e.